The molecule has 0 radical (unpaired) electrons. The predicted molar refractivity (Wildman–Crippen MR) is 141 cm³/mol. The van der Waals surface area contributed by atoms with Gasteiger partial charge in [-0.1, -0.05) is 36.4 Å². The number of piperidine rings is 1. The van der Waals surface area contributed by atoms with Crippen molar-refractivity contribution in [3.8, 4) is 5.75 Å². The lowest BCUT2D eigenvalue weighted by molar-refractivity contribution is -0.189. The lowest BCUT2D eigenvalue weighted by Gasteiger charge is -2.53. The Balaban J connectivity index is 1.20. The molecule has 0 bridgehead atoms. The van der Waals surface area contributed by atoms with Gasteiger partial charge in [-0.2, -0.15) is 0 Å². The minimum atomic E-state index is -0.605. The zero-order valence-electron chi connectivity index (χ0n) is 21.7. The molecule has 2 N–H and O–H groups in total. The molecule has 4 heterocycles. The molecule has 2 amide bonds. The van der Waals surface area contributed by atoms with E-state index in [9.17, 15) is 9.59 Å². The Bertz CT molecular complexity index is 1330. The average molecular weight is 502 g/mol. The van der Waals surface area contributed by atoms with Crippen LogP contribution in [0.5, 0.6) is 5.75 Å². The Kier molecular flexibility index (Phi) is 5.98. The molecule has 194 valence electrons. The lowest BCUT2D eigenvalue weighted by atomic mass is 9.70. The van der Waals surface area contributed by atoms with E-state index >= 15 is 0 Å². The Labute approximate surface area is 217 Å². The third kappa shape index (κ3) is 4.39. The van der Waals surface area contributed by atoms with E-state index in [1.807, 2.05) is 53.6 Å². The summed E-state index contributed by atoms with van der Waals surface area (Å²) in [6.07, 6.45) is 4.25. The van der Waals surface area contributed by atoms with Gasteiger partial charge in [-0.15, -0.1) is 0 Å². The predicted octanol–water partition coefficient (Wildman–Crippen LogP) is 4.38. The largest absolute Gasteiger partial charge is 0.487 e. The molecule has 5 atom stereocenters. The number of para-hydroxylation sites is 2. The molecule has 3 aliphatic rings. The average Bonchev–Trinajstić information content (AvgIpc) is 3.29. The van der Waals surface area contributed by atoms with Crippen molar-refractivity contribution in [2.75, 3.05) is 13.1 Å². The summed E-state index contributed by atoms with van der Waals surface area (Å²) < 4.78 is 13.2. The van der Waals surface area contributed by atoms with E-state index in [1.165, 1.54) is 6.92 Å². The highest BCUT2D eigenvalue weighted by Crippen LogP contribution is 2.52. The molecule has 0 spiro atoms. The number of nitrogens with zero attached hydrogens (tertiary/aromatic N) is 1. The molecule has 2 aromatic carbocycles. The van der Waals surface area contributed by atoms with Gasteiger partial charge >= 0.3 is 0 Å². The van der Waals surface area contributed by atoms with Crippen molar-refractivity contribution in [3.05, 3.63) is 65.9 Å². The first-order valence-corrected chi connectivity index (χ1v) is 13.3. The highest BCUT2D eigenvalue weighted by atomic mass is 16.5. The van der Waals surface area contributed by atoms with Crippen LogP contribution in [0.25, 0.3) is 10.9 Å². The second-order valence-electron chi connectivity index (χ2n) is 11.3. The van der Waals surface area contributed by atoms with E-state index in [1.54, 1.807) is 0 Å². The van der Waals surface area contributed by atoms with Crippen LogP contribution in [0.4, 0.5) is 0 Å². The Hall–Kier alpha value is -3.32. The zero-order valence-corrected chi connectivity index (χ0v) is 21.7. The summed E-state index contributed by atoms with van der Waals surface area (Å²) >= 11 is 0. The van der Waals surface area contributed by atoms with Crippen LogP contribution in [0.3, 0.4) is 0 Å². The zero-order chi connectivity index (χ0) is 25.7. The topological polar surface area (TPSA) is 83.7 Å². The van der Waals surface area contributed by atoms with Gasteiger partial charge in [0.05, 0.1) is 12.2 Å². The number of H-pyrrole nitrogens is 1. The van der Waals surface area contributed by atoms with Crippen LogP contribution < -0.4 is 10.1 Å². The number of nitrogens with one attached hydrogen (secondary N) is 2. The van der Waals surface area contributed by atoms with Crippen molar-refractivity contribution in [2.45, 2.75) is 63.9 Å². The number of carbonyl (C=O) groups excluding carboxylic acids is 2. The summed E-state index contributed by atoms with van der Waals surface area (Å²) in [4.78, 5) is 31.1. The number of hydrogen-bond acceptors (Lipinski definition) is 4. The van der Waals surface area contributed by atoms with Gasteiger partial charge in [0, 0.05) is 60.9 Å². The van der Waals surface area contributed by atoms with Crippen LogP contribution in [0.1, 0.15) is 50.8 Å². The number of likely N-dealkylation sites (tertiary alicyclic amines) is 1. The molecule has 0 saturated carbocycles. The summed E-state index contributed by atoms with van der Waals surface area (Å²) in [5, 5.41) is 4.01. The fourth-order valence-electron chi connectivity index (χ4n) is 6.64. The van der Waals surface area contributed by atoms with Crippen molar-refractivity contribution in [1.82, 2.24) is 15.2 Å². The van der Waals surface area contributed by atoms with Crippen LogP contribution >= 0.6 is 0 Å². The number of carbonyl (C=O) groups is 2. The fourth-order valence-corrected chi connectivity index (χ4v) is 6.64. The molecule has 2 saturated heterocycles. The number of aromatic amines is 1. The van der Waals surface area contributed by atoms with Gasteiger partial charge in [0.2, 0.25) is 11.8 Å². The van der Waals surface area contributed by atoms with E-state index in [0.717, 1.165) is 40.6 Å². The SMILES string of the molecule is CC(=O)N[C@H](Cc1c[nH]c2ccccc12)C(=O)N1CC[C@@H]2O[C@@H]3c4ccccc4OC(C)(C)[C@H]3C[C@@H]2C1. The maximum atomic E-state index is 13.8. The van der Waals surface area contributed by atoms with E-state index in [2.05, 4.69) is 30.2 Å². The molecule has 6 rings (SSSR count). The molecule has 7 nitrogen and oxygen atoms in total. The summed E-state index contributed by atoms with van der Waals surface area (Å²) in [7, 11) is 0. The molecular formula is C30H35N3O4. The number of benzene rings is 2. The van der Waals surface area contributed by atoms with Crippen molar-refractivity contribution < 1.29 is 19.1 Å². The molecule has 0 unspecified atom stereocenters. The van der Waals surface area contributed by atoms with Crippen molar-refractivity contribution in [1.29, 1.82) is 0 Å². The number of ether oxygens (including phenoxy) is 2. The lowest BCUT2D eigenvalue weighted by Crippen LogP contribution is -2.58. The Morgan fingerprint density at radius 1 is 1.16 bits per heavy atom. The summed E-state index contributed by atoms with van der Waals surface area (Å²) in [6.45, 7) is 7.02. The number of hydrogen-bond donors (Lipinski definition) is 2. The van der Waals surface area contributed by atoms with E-state index in [-0.39, 0.29) is 41.5 Å². The van der Waals surface area contributed by atoms with Gasteiger partial charge in [0.15, 0.2) is 0 Å². The van der Waals surface area contributed by atoms with Crippen LogP contribution in [0, 0.1) is 11.8 Å². The standard InChI is InChI=1S/C30H35N3O4/c1-18(34)32-25(15-19-16-31-24-10-6-4-8-21(19)24)29(35)33-13-12-26-20(17-33)14-23-28(36-26)22-9-5-7-11-27(22)37-30(23,2)3/h4-11,16,20,23,25-26,28,31H,12-15,17H2,1-3H3,(H,32,34)/t20-,23+,25-,26+,28-/m1/s1. The fraction of sp³-hybridized carbons (Fsp3) is 0.467. The third-order valence-electron chi connectivity index (χ3n) is 8.49. The monoisotopic (exact) mass is 501 g/mol. The third-order valence-corrected chi connectivity index (χ3v) is 8.49. The van der Waals surface area contributed by atoms with E-state index in [0.29, 0.717) is 19.5 Å². The summed E-state index contributed by atoms with van der Waals surface area (Å²) in [5.74, 6) is 1.13. The van der Waals surface area contributed by atoms with Crippen molar-refractivity contribution in [2.24, 2.45) is 11.8 Å². The molecule has 3 aromatic rings. The number of amides is 2. The second-order valence-corrected chi connectivity index (χ2v) is 11.3. The highest BCUT2D eigenvalue weighted by molar-refractivity contribution is 5.89. The Morgan fingerprint density at radius 2 is 1.95 bits per heavy atom. The molecule has 7 heteroatoms. The van der Waals surface area contributed by atoms with Gasteiger partial charge in [-0.05, 0) is 44.4 Å². The minimum absolute atomic E-state index is 0.0115. The summed E-state index contributed by atoms with van der Waals surface area (Å²) in [5.41, 5.74) is 2.83. The van der Waals surface area contributed by atoms with Crippen LogP contribution in [-0.2, 0) is 20.7 Å². The quantitative estimate of drug-likeness (QED) is 0.556. The first-order valence-electron chi connectivity index (χ1n) is 13.3. The maximum absolute atomic E-state index is 13.8. The first kappa shape index (κ1) is 24.0. The minimum Gasteiger partial charge on any atom is -0.487 e. The number of rotatable bonds is 4. The number of fused-ring (bicyclic) bond motifs is 5. The number of aromatic nitrogens is 1. The van der Waals surface area contributed by atoms with Crippen LogP contribution in [0.15, 0.2) is 54.7 Å². The van der Waals surface area contributed by atoms with Gasteiger partial charge in [0.25, 0.3) is 0 Å². The molecule has 2 fully saturated rings. The first-order chi connectivity index (χ1) is 17.8. The van der Waals surface area contributed by atoms with Gasteiger partial charge in [0.1, 0.15) is 17.4 Å². The van der Waals surface area contributed by atoms with E-state index in [4.69, 9.17) is 9.47 Å². The molecule has 3 aliphatic heterocycles. The Morgan fingerprint density at radius 3 is 2.78 bits per heavy atom. The molecular weight excluding hydrogens is 466 g/mol. The second kappa shape index (κ2) is 9.21. The molecule has 0 aliphatic carbocycles. The normalized spacial score (nSPS) is 26.8. The van der Waals surface area contributed by atoms with Crippen molar-refractivity contribution >= 4 is 22.7 Å². The van der Waals surface area contributed by atoms with E-state index < -0.39 is 6.04 Å². The molecule has 37 heavy (non-hydrogen) atoms. The molecule has 1 aromatic heterocycles. The maximum Gasteiger partial charge on any atom is 0.245 e. The smallest absolute Gasteiger partial charge is 0.245 e. The van der Waals surface area contributed by atoms with Crippen LogP contribution in [0.2, 0.25) is 0 Å². The van der Waals surface area contributed by atoms with Gasteiger partial charge in [-0.25, -0.2) is 0 Å². The van der Waals surface area contributed by atoms with Gasteiger partial charge < -0.3 is 24.7 Å². The van der Waals surface area contributed by atoms with Crippen LogP contribution in [-0.4, -0.2) is 52.5 Å². The summed E-state index contributed by atoms with van der Waals surface area (Å²) in [6, 6.07) is 15.6. The highest BCUT2D eigenvalue weighted by Gasteiger charge is 2.51. The van der Waals surface area contributed by atoms with Crippen molar-refractivity contribution in [3.63, 3.8) is 0 Å². The van der Waals surface area contributed by atoms with Gasteiger partial charge in [-0.3, -0.25) is 9.59 Å².